The number of fused-ring (bicyclic) bond motifs is 1. The number of aromatic hydroxyl groups is 1. The van der Waals surface area contributed by atoms with Gasteiger partial charge in [-0.15, -0.1) is 0 Å². The molecule has 0 unspecified atom stereocenters. The molecule has 4 heteroatoms. The molecule has 0 bridgehead atoms. The Kier molecular flexibility index (Phi) is 3.09. The Morgan fingerprint density at radius 1 is 1.26 bits per heavy atom. The number of nitrogens with one attached hydrogen (secondary N) is 1. The molecule has 1 fully saturated rings. The predicted molar refractivity (Wildman–Crippen MR) is 72.3 cm³/mol. The fourth-order valence-corrected chi connectivity index (χ4v) is 2.40. The van der Waals surface area contributed by atoms with Gasteiger partial charge in [0.2, 0.25) is 0 Å². The first-order valence-corrected chi connectivity index (χ1v) is 6.35. The zero-order valence-electron chi connectivity index (χ0n) is 10.4. The largest absolute Gasteiger partial charge is 0.507 e. The van der Waals surface area contributed by atoms with Gasteiger partial charge in [0.15, 0.2) is 0 Å². The van der Waals surface area contributed by atoms with Crippen LogP contribution in [-0.2, 0) is 4.74 Å². The minimum Gasteiger partial charge on any atom is -0.507 e. The smallest absolute Gasteiger partial charge is 0.255 e. The van der Waals surface area contributed by atoms with Crippen molar-refractivity contribution in [3.63, 3.8) is 0 Å². The fraction of sp³-hybridized carbons (Fsp3) is 0.267. The molecule has 4 nitrogen and oxygen atoms in total. The first-order valence-electron chi connectivity index (χ1n) is 6.35. The summed E-state index contributed by atoms with van der Waals surface area (Å²) in [6.45, 7) is 1.21. The summed E-state index contributed by atoms with van der Waals surface area (Å²) in [5, 5.41) is 14.6. The summed E-state index contributed by atoms with van der Waals surface area (Å²) in [5.74, 6) is -0.236. The topological polar surface area (TPSA) is 58.6 Å². The van der Waals surface area contributed by atoms with Crippen LogP contribution in [0.25, 0.3) is 10.8 Å². The van der Waals surface area contributed by atoms with Gasteiger partial charge in [-0.1, -0.05) is 30.3 Å². The molecule has 0 aromatic heterocycles. The standard InChI is InChI=1S/C15H15NO3/c17-13-6-5-10-3-1-2-4-12(10)14(13)15(18)16-11-7-8-19-9-11/h1-6,11,17H,7-9H2,(H,16,18)/t11-/m1/s1. The van der Waals surface area contributed by atoms with Crippen molar-refractivity contribution < 1.29 is 14.6 Å². The van der Waals surface area contributed by atoms with Gasteiger partial charge in [0.25, 0.3) is 5.91 Å². The molecule has 98 valence electrons. The molecule has 1 atom stereocenters. The zero-order chi connectivity index (χ0) is 13.2. The molecule has 1 heterocycles. The maximum Gasteiger partial charge on any atom is 0.255 e. The second-order valence-corrected chi connectivity index (χ2v) is 4.71. The van der Waals surface area contributed by atoms with Crippen molar-refractivity contribution in [2.45, 2.75) is 12.5 Å². The summed E-state index contributed by atoms with van der Waals surface area (Å²) in [4.78, 5) is 12.3. The van der Waals surface area contributed by atoms with Gasteiger partial charge in [0.05, 0.1) is 18.2 Å². The first kappa shape index (κ1) is 12.0. The highest BCUT2D eigenvalue weighted by Crippen LogP contribution is 2.27. The van der Waals surface area contributed by atoms with Crippen LogP contribution in [-0.4, -0.2) is 30.3 Å². The molecule has 0 saturated carbocycles. The molecule has 1 amide bonds. The van der Waals surface area contributed by atoms with E-state index in [9.17, 15) is 9.90 Å². The van der Waals surface area contributed by atoms with Gasteiger partial charge in [-0.25, -0.2) is 0 Å². The number of hydrogen-bond donors (Lipinski definition) is 2. The van der Waals surface area contributed by atoms with Crippen LogP contribution in [0.3, 0.4) is 0 Å². The van der Waals surface area contributed by atoms with E-state index < -0.39 is 0 Å². The van der Waals surface area contributed by atoms with E-state index in [1.54, 1.807) is 12.1 Å². The Labute approximate surface area is 111 Å². The lowest BCUT2D eigenvalue weighted by Gasteiger charge is -2.13. The van der Waals surface area contributed by atoms with E-state index in [0.717, 1.165) is 17.2 Å². The quantitative estimate of drug-likeness (QED) is 0.865. The van der Waals surface area contributed by atoms with Gasteiger partial charge in [-0.2, -0.15) is 0 Å². The summed E-state index contributed by atoms with van der Waals surface area (Å²) in [5.41, 5.74) is 0.338. The van der Waals surface area contributed by atoms with Gasteiger partial charge in [0.1, 0.15) is 5.75 Å². The lowest BCUT2D eigenvalue weighted by atomic mass is 10.0. The highest BCUT2D eigenvalue weighted by molar-refractivity contribution is 6.09. The Hall–Kier alpha value is -2.07. The molecule has 2 aromatic rings. The van der Waals surface area contributed by atoms with E-state index in [-0.39, 0.29) is 17.7 Å². The van der Waals surface area contributed by atoms with E-state index in [1.807, 2.05) is 24.3 Å². The van der Waals surface area contributed by atoms with E-state index >= 15 is 0 Å². The van der Waals surface area contributed by atoms with Gasteiger partial charge < -0.3 is 15.2 Å². The molecule has 0 aliphatic carbocycles. The Balaban J connectivity index is 1.98. The average molecular weight is 257 g/mol. The van der Waals surface area contributed by atoms with E-state index in [4.69, 9.17) is 4.74 Å². The van der Waals surface area contributed by atoms with Crippen molar-refractivity contribution in [3.8, 4) is 5.75 Å². The third kappa shape index (κ3) is 2.27. The van der Waals surface area contributed by atoms with Crippen molar-refractivity contribution in [1.82, 2.24) is 5.32 Å². The van der Waals surface area contributed by atoms with Crippen LogP contribution in [0.1, 0.15) is 16.8 Å². The van der Waals surface area contributed by atoms with Crippen LogP contribution >= 0.6 is 0 Å². The van der Waals surface area contributed by atoms with Gasteiger partial charge >= 0.3 is 0 Å². The lowest BCUT2D eigenvalue weighted by molar-refractivity contribution is 0.0929. The van der Waals surface area contributed by atoms with Crippen LogP contribution in [0.15, 0.2) is 36.4 Å². The van der Waals surface area contributed by atoms with Crippen molar-refractivity contribution >= 4 is 16.7 Å². The number of ether oxygens (including phenoxy) is 1. The highest BCUT2D eigenvalue weighted by Gasteiger charge is 2.21. The SMILES string of the molecule is O=C(N[C@@H]1CCOC1)c1c(O)ccc2ccccc12. The minimum absolute atomic E-state index is 0.00937. The zero-order valence-corrected chi connectivity index (χ0v) is 10.4. The Morgan fingerprint density at radius 2 is 2.11 bits per heavy atom. The van der Waals surface area contributed by atoms with Crippen molar-refractivity contribution in [2.24, 2.45) is 0 Å². The van der Waals surface area contributed by atoms with E-state index in [1.165, 1.54) is 0 Å². The van der Waals surface area contributed by atoms with Crippen LogP contribution in [0, 0.1) is 0 Å². The number of amides is 1. The van der Waals surface area contributed by atoms with Gasteiger partial charge in [-0.05, 0) is 23.3 Å². The summed E-state index contributed by atoms with van der Waals surface area (Å²) >= 11 is 0. The number of benzene rings is 2. The number of hydrogen-bond acceptors (Lipinski definition) is 3. The van der Waals surface area contributed by atoms with Gasteiger partial charge in [0, 0.05) is 6.61 Å². The van der Waals surface area contributed by atoms with E-state index in [2.05, 4.69) is 5.32 Å². The third-order valence-corrected chi connectivity index (χ3v) is 3.40. The van der Waals surface area contributed by atoms with Crippen molar-refractivity contribution in [3.05, 3.63) is 42.0 Å². The molecular weight excluding hydrogens is 242 g/mol. The minimum atomic E-state index is -0.246. The number of rotatable bonds is 2. The highest BCUT2D eigenvalue weighted by atomic mass is 16.5. The Bertz CT molecular complexity index is 618. The predicted octanol–water partition coefficient (Wildman–Crippen LogP) is 2.06. The van der Waals surface area contributed by atoms with Crippen LogP contribution in [0.5, 0.6) is 5.75 Å². The van der Waals surface area contributed by atoms with Crippen LogP contribution < -0.4 is 5.32 Å². The molecule has 1 saturated heterocycles. The maximum atomic E-state index is 12.3. The molecule has 2 aromatic carbocycles. The summed E-state index contributed by atoms with van der Waals surface area (Å²) in [6, 6.07) is 10.9. The molecule has 0 radical (unpaired) electrons. The van der Waals surface area contributed by atoms with Crippen LogP contribution in [0.4, 0.5) is 0 Å². The molecule has 0 spiro atoms. The monoisotopic (exact) mass is 257 g/mol. The maximum absolute atomic E-state index is 12.3. The lowest BCUT2D eigenvalue weighted by Crippen LogP contribution is -2.35. The molecule has 1 aliphatic rings. The average Bonchev–Trinajstić information content (AvgIpc) is 2.91. The Morgan fingerprint density at radius 3 is 2.89 bits per heavy atom. The fourth-order valence-electron chi connectivity index (χ4n) is 2.40. The molecule has 1 aliphatic heterocycles. The summed E-state index contributed by atoms with van der Waals surface area (Å²) in [7, 11) is 0. The number of carbonyl (C=O) groups excluding carboxylic acids is 1. The van der Waals surface area contributed by atoms with E-state index in [0.29, 0.717) is 18.8 Å². The van der Waals surface area contributed by atoms with Crippen LogP contribution in [0.2, 0.25) is 0 Å². The summed E-state index contributed by atoms with van der Waals surface area (Å²) in [6.07, 6.45) is 0.817. The second kappa shape index (κ2) is 4.90. The normalized spacial score (nSPS) is 18.6. The third-order valence-electron chi connectivity index (χ3n) is 3.40. The molecule has 3 rings (SSSR count). The number of phenols is 1. The van der Waals surface area contributed by atoms with Crippen molar-refractivity contribution in [1.29, 1.82) is 0 Å². The summed E-state index contributed by atoms with van der Waals surface area (Å²) < 4.78 is 5.23. The first-order chi connectivity index (χ1) is 9.25. The number of phenolic OH excluding ortho intramolecular Hbond substituents is 1. The molecular formula is C15H15NO3. The van der Waals surface area contributed by atoms with Gasteiger partial charge in [-0.3, -0.25) is 4.79 Å². The second-order valence-electron chi connectivity index (χ2n) is 4.71. The molecule has 2 N–H and O–H groups in total. The molecule has 19 heavy (non-hydrogen) atoms. The van der Waals surface area contributed by atoms with Crippen molar-refractivity contribution in [2.75, 3.05) is 13.2 Å². The number of carbonyl (C=O) groups is 1.